The zero-order chi connectivity index (χ0) is 31.1. The Morgan fingerprint density at radius 3 is 1.71 bits per heavy atom. The van der Waals surface area contributed by atoms with Crippen LogP contribution < -0.4 is 16.0 Å². The lowest BCUT2D eigenvalue weighted by molar-refractivity contribution is -0.139. The normalized spacial score (nSPS) is 14.2. The van der Waals surface area contributed by atoms with E-state index in [0.29, 0.717) is 0 Å². The van der Waals surface area contributed by atoms with Gasteiger partial charge in [0, 0.05) is 5.92 Å². The predicted octanol–water partition coefficient (Wildman–Crippen LogP) is 3.21. The summed E-state index contributed by atoms with van der Waals surface area (Å²) in [5, 5.41) is 16.3. The monoisotopic (exact) mass is 583 g/mol. The summed E-state index contributed by atoms with van der Waals surface area (Å²) in [7, 11) is 0. The molecule has 0 radical (unpaired) electrons. The number of benzene rings is 2. The number of hydrogen-bond donors (Lipinski definition) is 4. The number of hydrogen-bond acceptors (Lipinski definition) is 7. The Morgan fingerprint density at radius 2 is 1.24 bits per heavy atom. The molecule has 0 aromatic heterocycles. The predicted molar refractivity (Wildman–Crippen MR) is 156 cm³/mol. The van der Waals surface area contributed by atoms with Gasteiger partial charge in [-0.25, -0.2) is 4.79 Å². The van der Waals surface area contributed by atoms with Crippen LogP contribution in [0.2, 0.25) is 0 Å². The summed E-state index contributed by atoms with van der Waals surface area (Å²) in [4.78, 5) is 50.0. The fraction of sp³-hybridized carbons (Fsp3) is 0.484. The molecule has 2 aromatic rings. The number of carboxylic acid groups (broad SMARTS) is 1. The highest BCUT2D eigenvalue weighted by Crippen LogP contribution is 2.44. The SMILES string of the molecule is CC(C)(C)OC[C@H](NC(=O)OCC1c2ccccc2-c2ccccc21)C(=O)N[C@@H](COC(C)(C)C)C(=O)NCC(=O)O. The first-order valence-corrected chi connectivity index (χ1v) is 13.8. The summed E-state index contributed by atoms with van der Waals surface area (Å²) in [6.45, 7) is 9.72. The maximum absolute atomic E-state index is 13.3. The van der Waals surface area contributed by atoms with Gasteiger partial charge in [-0.05, 0) is 63.8 Å². The molecule has 4 N–H and O–H groups in total. The van der Waals surface area contributed by atoms with Gasteiger partial charge in [-0.2, -0.15) is 0 Å². The van der Waals surface area contributed by atoms with Gasteiger partial charge in [0.15, 0.2) is 0 Å². The molecule has 0 fully saturated rings. The lowest BCUT2D eigenvalue weighted by atomic mass is 9.98. The summed E-state index contributed by atoms with van der Waals surface area (Å²) in [5.41, 5.74) is 3.00. The molecule has 0 spiro atoms. The third-order valence-electron chi connectivity index (χ3n) is 6.37. The molecular weight excluding hydrogens is 542 g/mol. The number of carboxylic acids is 1. The van der Waals surface area contributed by atoms with Gasteiger partial charge in [-0.15, -0.1) is 0 Å². The highest BCUT2D eigenvalue weighted by atomic mass is 16.6. The van der Waals surface area contributed by atoms with Gasteiger partial charge in [-0.1, -0.05) is 48.5 Å². The van der Waals surface area contributed by atoms with Gasteiger partial charge < -0.3 is 35.3 Å². The number of ether oxygens (including phenoxy) is 3. The molecule has 0 unspecified atom stereocenters. The second-order valence-corrected chi connectivity index (χ2v) is 12.0. The van der Waals surface area contributed by atoms with Crippen molar-refractivity contribution in [2.75, 3.05) is 26.4 Å². The molecule has 1 aliphatic carbocycles. The minimum absolute atomic E-state index is 0.0496. The van der Waals surface area contributed by atoms with Crippen LogP contribution in [0.1, 0.15) is 58.6 Å². The summed E-state index contributed by atoms with van der Waals surface area (Å²) >= 11 is 0. The first-order valence-electron chi connectivity index (χ1n) is 13.8. The number of amides is 3. The van der Waals surface area contributed by atoms with Crippen molar-refractivity contribution in [3.8, 4) is 11.1 Å². The Balaban J connectivity index is 1.71. The number of carbonyl (C=O) groups excluding carboxylic acids is 3. The lowest BCUT2D eigenvalue weighted by Gasteiger charge is -2.28. The van der Waals surface area contributed by atoms with Crippen molar-refractivity contribution in [2.45, 2.75) is 70.7 Å². The summed E-state index contributed by atoms with van der Waals surface area (Å²) < 4.78 is 17.1. The molecule has 2 atom stereocenters. The number of rotatable bonds is 12. The quantitative estimate of drug-likeness (QED) is 0.297. The standard InChI is InChI=1S/C31H41N3O8/c1-30(2,3)41-17-24(27(37)32-15-26(35)36)33-28(38)25(18-42-31(4,5)6)34-29(39)40-16-23-21-13-9-7-11-19(21)20-12-8-10-14-22(20)23/h7-14,23-25H,15-18H2,1-6H3,(H,32,37)(H,33,38)(H,34,39)(H,35,36)/t24-,25-/m0/s1. The minimum atomic E-state index is -1.24. The second kappa shape index (κ2) is 13.8. The summed E-state index contributed by atoms with van der Waals surface area (Å²) in [5.74, 6) is -2.87. The van der Waals surface area contributed by atoms with Gasteiger partial charge in [0.05, 0.1) is 24.4 Å². The van der Waals surface area contributed by atoms with Crippen LogP contribution in [-0.4, -0.2) is 78.6 Å². The molecule has 11 heteroatoms. The largest absolute Gasteiger partial charge is 0.480 e. The van der Waals surface area contributed by atoms with Crippen LogP contribution in [0.3, 0.4) is 0 Å². The van der Waals surface area contributed by atoms with Gasteiger partial charge in [0.2, 0.25) is 11.8 Å². The third-order valence-corrected chi connectivity index (χ3v) is 6.37. The fourth-order valence-corrected chi connectivity index (χ4v) is 4.37. The molecule has 228 valence electrons. The number of fused-ring (bicyclic) bond motifs is 3. The van der Waals surface area contributed by atoms with Crippen LogP contribution in [0.25, 0.3) is 11.1 Å². The van der Waals surface area contributed by atoms with Crippen molar-refractivity contribution in [2.24, 2.45) is 0 Å². The second-order valence-electron chi connectivity index (χ2n) is 12.0. The molecule has 3 rings (SSSR count). The average molecular weight is 584 g/mol. The Morgan fingerprint density at radius 1 is 0.762 bits per heavy atom. The molecule has 0 aliphatic heterocycles. The zero-order valence-electron chi connectivity index (χ0n) is 25.0. The molecule has 1 aliphatic rings. The maximum Gasteiger partial charge on any atom is 0.407 e. The number of alkyl carbamates (subject to hydrolysis) is 1. The lowest BCUT2D eigenvalue weighted by Crippen LogP contribution is -2.57. The molecule has 0 saturated heterocycles. The molecule has 0 heterocycles. The van der Waals surface area contributed by atoms with Gasteiger partial charge in [0.1, 0.15) is 25.2 Å². The van der Waals surface area contributed by atoms with Crippen LogP contribution in [0.15, 0.2) is 48.5 Å². The van der Waals surface area contributed by atoms with Crippen LogP contribution in [0, 0.1) is 0 Å². The van der Waals surface area contributed by atoms with E-state index >= 15 is 0 Å². The van der Waals surface area contributed by atoms with Crippen molar-refractivity contribution in [1.29, 1.82) is 0 Å². The average Bonchev–Trinajstić information content (AvgIpc) is 3.23. The first-order chi connectivity index (χ1) is 19.6. The fourth-order valence-electron chi connectivity index (χ4n) is 4.37. The molecule has 11 nitrogen and oxygen atoms in total. The van der Waals surface area contributed by atoms with Crippen molar-refractivity contribution >= 4 is 23.9 Å². The van der Waals surface area contributed by atoms with Gasteiger partial charge >= 0.3 is 12.1 Å². The molecular formula is C31H41N3O8. The number of aliphatic carboxylic acids is 1. The van der Waals surface area contributed by atoms with E-state index in [1.54, 1.807) is 41.5 Å². The highest BCUT2D eigenvalue weighted by Gasteiger charge is 2.32. The van der Waals surface area contributed by atoms with Gasteiger partial charge in [-0.3, -0.25) is 14.4 Å². The minimum Gasteiger partial charge on any atom is -0.480 e. The smallest absolute Gasteiger partial charge is 0.407 e. The topological polar surface area (TPSA) is 152 Å². The van der Waals surface area contributed by atoms with E-state index in [0.717, 1.165) is 22.3 Å². The summed E-state index contributed by atoms with van der Waals surface area (Å²) in [6.07, 6.45) is -0.827. The van der Waals surface area contributed by atoms with E-state index in [-0.39, 0.29) is 25.7 Å². The third kappa shape index (κ3) is 9.56. The Bertz CT molecular complexity index is 1240. The van der Waals surface area contributed by atoms with E-state index in [1.807, 2.05) is 48.5 Å². The van der Waals surface area contributed by atoms with Gasteiger partial charge in [0.25, 0.3) is 0 Å². The van der Waals surface area contributed by atoms with E-state index < -0.39 is 53.7 Å². The zero-order valence-corrected chi connectivity index (χ0v) is 25.0. The molecule has 0 bridgehead atoms. The van der Waals surface area contributed by atoms with Crippen molar-refractivity contribution in [3.63, 3.8) is 0 Å². The molecule has 2 aromatic carbocycles. The number of nitrogens with one attached hydrogen (secondary N) is 3. The van der Waals surface area contributed by atoms with E-state index in [9.17, 15) is 19.2 Å². The van der Waals surface area contributed by atoms with Crippen molar-refractivity contribution in [3.05, 3.63) is 59.7 Å². The van der Waals surface area contributed by atoms with E-state index in [1.165, 1.54) is 0 Å². The maximum atomic E-state index is 13.3. The van der Waals surface area contributed by atoms with Crippen LogP contribution in [-0.2, 0) is 28.6 Å². The molecule has 42 heavy (non-hydrogen) atoms. The number of carbonyl (C=O) groups is 4. The van der Waals surface area contributed by atoms with Crippen LogP contribution in [0.4, 0.5) is 4.79 Å². The van der Waals surface area contributed by atoms with Crippen molar-refractivity contribution < 1.29 is 38.5 Å². The van der Waals surface area contributed by atoms with Crippen molar-refractivity contribution in [1.82, 2.24) is 16.0 Å². The summed E-state index contributed by atoms with van der Waals surface area (Å²) in [6, 6.07) is 13.4. The van der Waals surface area contributed by atoms with E-state index in [4.69, 9.17) is 19.3 Å². The Labute approximate surface area is 246 Å². The Hall–Kier alpha value is -3.96. The first kappa shape index (κ1) is 32.6. The van der Waals surface area contributed by atoms with Crippen LogP contribution >= 0.6 is 0 Å². The molecule has 3 amide bonds. The molecule has 0 saturated carbocycles. The highest BCUT2D eigenvalue weighted by molar-refractivity contribution is 5.92. The Kier molecular flexibility index (Phi) is 10.7. The van der Waals surface area contributed by atoms with E-state index in [2.05, 4.69) is 16.0 Å². The van der Waals surface area contributed by atoms with Crippen LogP contribution in [0.5, 0.6) is 0 Å².